The molecule has 5 rings (SSSR count). The second kappa shape index (κ2) is 8.64. The lowest BCUT2D eigenvalue weighted by atomic mass is 9.66. The molecule has 5 aliphatic rings. The van der Waals surface area contributed by atoms with Gasteiger partial charge in [0.1, 0.15) is 6.10 Å². The van der Waals surface area contributed by atoms with Gasteiger partial charge in [-0.25, -0.2) is 5.01 Å². The molecule has 0 aromatic rings. The Balaban J connectivity index is 1.33. The van der Waals surface area contributed by atoms with Gasteiger partial charge in [-0.2, -0.15) is 0 Å². The first-order chi connectivity index (χ1) is 14.9. The third-order valence-electron chi connectivity index (χ3n) is 9.12. The van der Waals surface area contributed by atoms with E-state index in [4.69, 9.17) is 4.74 Å². The highest BCUT2D eigenvalue weighted by atomic mass is 16.5. The number of nitrogens with one attached hydrogen (secondary N) is 1. The lowest BCUT2D eigenvalue weighted by Crippen LogP contribution is -2.68. The van der Waals surface area contributed by atoms with Crippen LogP contribution in [0.25, 0.3) is 0 Å². The van der Waals surface area contributed by atoms with E-state index in [2.05, 4.69) is 34.2 Å². The maximum Gasteiger partial charge on any atom is 0.252 e. The third kappa shape index (κ3) is 3.91. The molecule has 8 atom stereocenters. The normalized spacial score (nSPS) is 43.6. The molecule has 0 bridgehead atoms. The van der Waals surface area contributed by atoms with Crippen LogP contribution in [0.2, 0.25) is 0 Å². The zero-order valence-electron chi connectivity index (χ0n) is 19.5. The lowest BCUT2D eigenvalue weighted by molar-refractivity contribution is -0.160. The van der Waals surface area contributed by atoms with Crippen molar-refractivity contribution in [3.05, 3.63) is 0 Å². The van der Waals surface area contributed by atoms with Crippen molar-refractivity contribution >= 4 is 11.8 Å². The first kappa shape index (κ1) is 21.7. The van der Waals surface area contributed by atoms with Crippen LogP contribution in [0.5, 0.6) is 0 Å². The van der Waals surface area contributed by atoms with Crippen LogP contribution in [-0.4, -0.2) is 83.6 Å². The second-order valence-corrected chi connectivity index (χ2v) is 10.8. The van der Waals surface area contributed by atoms with Gasteiger partial charge in [0.15, 0.2) is 0 Å². The minimum atomic E-state index is -0.271. The van der Waals surface area contributed by atoms with Crippen molar-refractivity contribution in [1.29, 1.82) is 0 Å². The predicted octanol–water partition coefficient (Wildman–Crippen LogP) is 2.02. The van der Waals surface area contributed by atoms with Crippen molar-refractivity contribution in [3.63, 3.8) is 0 Å². The molecule has 5 fully saturated rings. The van der Waals surface area contributed by atoms with E-state index < -0.39 is 0 Å². The van der Waals surface area contributed by atoms with Crippen molar-refractivity contribution in [1.82, 2.24) is 20.2 Å². The Morgan fingerprint density at radius 2 is 1.68 bits per heavy atom. The van der Waals surface area contributed by atoms with E-state index in [-0.39, 0.29) is 36.0 Å². The average Bonchev–Trinajstić information content (AvgIpc) is 3.42. The monoisotopic (exact) mass is 432 g/mol. The molecule has 0 aromatic heterocycles. The largest absolute Gasteiger partial charge is 0.368 e. The molecular formula is C24H40N4O3. The van der Waals surface area contributed by atoms with Crippen LogP contribution in [0.1, 0.15) is 65.2 Å². The van der Waals surface area contributed by atoms with Gasteiger partial charge in [-0.3, -0.25) is 15.0 Å². The quantitative estimate of drug-likeness (QED) is 0.723. The summed E-state index contributed by atoms with van der Waals surface area (Å²) >= 11 is 0. The molecule has 2 saturated carbocycles. The summed E-state index contributed by atoms with van der Waals surface area (Å²) in [6.07, 6.45) is 8.67. The van der Waals surface area contributed by atoms with Crippen LogP contribution in [-0.2, 0) is 14.3 Å². The predicted molar refractivity (Wildman–Crippen MR) is 118 cm³/mol. The maximum atomic E-state index is 13.4. The molecule has 2 amide bonds. The van der Waals surface area contributed by atoms with Gasteiger partial charge in [0.05, 0.1) is 12.1 Å². The first-order valence-electron chi connectivity index (χ1n) is 12.6. The molecule has 7 heteroatoms. The van der Waals surface area contributed by atoms with Gasteiger partial charge in [0.2, 0.25) is 5.91 Å². The number of hydrogen-bond donors (Lipinski definition) is 1. The lowest BCUT2D eigenvalue weighted by Gasteiger charge is -2.55. The number of hydrazine groups is 1. The first-order valence-corrected chi connectivity index (χ1v) is 12.6. The zero-order valence-corrected chi connectivity index (χ0v) is 19.5. The van der Waals surface area contributed by atoms with Crippen LogP contribution < -0.4 is 5.43 Å². The van der Waals surface area contributed by atoms with E-state index in [0.717, 1.165) is 44.1 Å². The Hall–Kier alpha value is -1.18. The fourth-order valence-corrected chi connectivity index (χ4v) is 7.66. The topological polar surface area (TPSA) is 65.1 Å². The maximum absolute atomic E-state index is 13.4. The van der Waals surface area contributed by atoms with Crippen molar-refractivity contribution in [2.75, 3.05) is 26.7 Å². The van der Waals surface area contributed by atoms with E-state index in [1.165, 1.54) is 25.7 Å². The Morgan fingerprint density at radius 1 is 0.935 bits per heavy atom. The zero-order chi connectivity index (χ0) is 21.7. The summed E-state index contributed by atoms with van der Waals surface area (Å²) in [4.78, 5) is 30.2. The summed E-state index contributed by atoms with van der Waals surface area (Å²) in [6, 6.07) is 1.08. The summed E-state index contributed by atoms with van der Waals surface area (Å²) in [5, 5.41) is 2.33. The van der Waals surface area contributed by atoms with Gasteiger partial charge >= 0.3 is 0 Å². The Bertz CT molecular complexity index is 696. The molecule has 7 unspecified atom stereocenters. The third-order valence-corrected chi connectivity index (χ3v) is 9.12. The van der Waals surface area contributed by atoms with E-state index in [1.807, 2.05) is 0 Å². The summed E-state index contributed by atoms with van der Waals surface area (Å²) in [5.41, 5.74) is 3.53. The van der Waals surface area contributed by atoms with Gasteiger partial charge in [-0.1, -0.05) is 0 Å². The SMILES string of the molecule is CC(=O)N1C2CCC(C3CCC4C(CNN4C)C3)CC2N(C(=O)C2CCCO2)C[C@@H]1C. The van der Waals surface area contributed by atoms with Gasteiger partial charge in [0.25, 0.3) is 5.91 Å². The van der Waals surface area contributed by atoms with E-state index in [1.54, 1.807) is 6.92 Å². The minimum absolute atomic E-state index is 0.0798. The van der Waals surface area contributed by atoms with E-state index in [9.17, 15) is 9.59 Å². The van der Waals surface area contributed by atoms with Gasteiger partial charge in [-0.05, 0) is 76.0 Å². The fraction of sp³-hybridized carbons (Fsp3) is 0.917. The molecule has 3 heterocycles. The molecule has 0 spiro atoms. The van der Waals surface area contributed by atoms with Crippen LogP contribution >= 0.6 is 0 Å². The van der Waals surface area contributed by atoms with Gasteiger partial charge in [0, 0.05) is 45.8 Å². The number of carbonyl (C=O) groups is 2. The highest BCUT2D eigenvalue weighted by molar-refractivity contribution is 5.82. The molecule has 1 N–H and O–H groups in total. The Morgan fingerprint density at radius 3 is 2.39 bits per heavy atom. The number of hydrogen-bond acceptors (Lipinski definition) is 5. The highest BCUT2D eigenvalue weighted by Crippen LogP contribution is 2.45. The summed E-state index contributed by atoms with van der Waals surface area (Å²) in [7, 11) is 2.18. The molecular weight excluding hydrogens is 392 g/mol. The van der Waals surface area contributed by atoms with Gasteiger partial charge in [-0.15, -0.1) is 0 Å². The molecule has 31 heavy (non-hydrogen) atoms. The van der Waals surface area contributed by atoms with Crippen molar-refractivity contribution in [3.8, 4) is 0 Å². The molecule has 2 aliphatic carbocycles. The molecule has 7 nitrogen and oxygen atoms in total. The Labute approximate surface area is 186 Å². The summed E-state index contributed by atoms with van der Waals surface area (Å²) in [5.74, 6) is 2.50. The number of carbonyl (C=O) groups excluding carboxylic acids is 2. The van der Waals surface area contributed by atoms with Crippen molar-refractivity contribution in [2.45, 2.75) is 95.5 Å². The van der Waals surface area contributed by atoms with E-state index >= 15 is 0 Å². The number of fused-ring (bicyclic) bond motifs is 2. The number of amides is 2. The van der Waals surface area contributed by atoms with E-state index in [0.29, 0.717) is 25.1 Å². The molecule has 3 saturated heterocycles. The number of nitrogens with zero attached hydrogens (tertiary/aromatic N) is 3. The van der Waals surface area contributed by atoms with Crippen molar-refractivity contribution in [2.24, 2.45) is 17.8 Å². The minimum Gasteiger partial charge on any atom is -0.368 e. The van der Waals surface area contributed by atoms with Crippen LogP contribution in [0.4, 0.5) is 0 Å². The highest BCUT2D eigenvalue weighted by Gasteiger charge is 2.49. The fourth-order valence-electron chi connectivity index (χ4n) is 7.66. The standard InChI is InChI=1S/C24H40N4O3/c1-15-14-27(24(30)23-5-4-10-31-23)22-12-18(7-9-21(22)28(15)16(2)29)17-6-8-20-19(11-17)13-25-26(20)3/h15,17-23,25H,4-14H2,1-3H3/t15-,17?,18?,19?,20?,21?,22?,23?/m0/s1. The number of piperazine rings is 1. The average molecular weight is 433 g/mol. The Kier molecular flexibility index (Phi) is 6.03. The van der Waals surface area contributed by atoms with Crippen LogP contribution in [0.3, 0.4) is 0 Å². The van der Waals surface area contributed by atoms with Crippen LogP contribution in [0, 0.1) is 17.8 Å². The summed E-state index contributed by atoms with van der Waals surface area (Å²) < 4.78 is 5.77. The van der Waals surface area contributed by atoms with Gasteiger partial charge < -0.3 is 14.5 Å². The number of ether oxygens (including phenoxy) is 1. The molecule has 0 aromatic carbocycles. The smallest absolute Gasteiger partial charge is 0.252 e. The summed E-state index contributed by atoms with van der Waals surface area (Å²) in [6.45, 7) is 6.25. The van der Waals surface area contributed by atoms with Crippen LogP contribution in [0.15, 0.2) is 0 Å². The second-order valence-electron chi connectivity index (χ2n) is 10.8. The molecule has 0 radical (unpaired) electrons. The molecule has 3 aliphatic heterocycles. The van der Waals surface area contributed by atoms with Crippen molar-refractivity contribution < 1.29 is 14.3 Å². The molecule has 174 valence electrons. The number of rotatable bonds is 2.